The number of sulfonamides is 1. The van der Waals surface area contributed by atoms with E-state index in [4.69, 9.17) is 0 Å². The average Bonchev–Trinajstić information content (AvgIpc) is 2.62. The predicted molar refractivity (Wildman–Crippen MR) is 103 cm³/mol. The molecule has 0 bridgehead atoms. The van der Waals surface area contributed by atoms with Gasteiger partial charge in [0.15, 0.2) is 0 Å². The largest absolute Gasteiger partial charge is 0.326 e. The van der Waals surface area contributed by atoms with E-state index in [-0.39, 0.29) is 11.9 Å². The molecular weight excluding hydrogens is 348 g/mol. The molecule has 0 aliphatic heterocycles. The van der Waals surface area contributed by atoms with Crippen molar-refractivity contribution in [2.75, 3.05) is 5.32 Å². The zero-order valence-corrected chi connectivity index (χ0v) is 15.7. The second kappa shape index (κ2) is 8.01. The highest BCUT2D eigenvalue weighted by Gasteiger charge is 2.21. The molecule has 0 saturated heterocycles. The highest BCUT2D eigenvalue weighted by atomic mass is 32.2. The van der Waals surface area contributed by atoms with Crippen molar-refractivity contribution in [1.29, 1.82) is 0 Å². The number of hydrogen-bond acceptors (Lipinski definition) is 3. The van der Waals surface area contributed by atoms with Crippen molar-refractivity contribution in [3.8, 4) is 11.1 Å². The summed E-state index contributed by atoms with van der Waals surface area (Å²) in [5, 5.41) is 2.72. The molecule has 5 nitrogen and oxygen atoms in total. The van der Waals surface area contributed by atoms with Crippen molar-refractivity contribution in [1.82, 2.24) is 4.72 Å². The fourth-order valence-electron chi connectivity index (χ4n) is 3.28. The molecular formula is C20H24N2O3S. The quantitative estimate of drug-likeness (QED) is 0.835. The third-order valence-electron chi connectivity index (χ3n) is 4.63. The second-order valence-electron chi connectivity index (χ2n) is 6.74. The zero-order chi connectivity index (χ0) is 18.6. The maximum Gasteiger partial charge on any atom is 0.240 e. The smallest absolute Gasteiger partial charge is 0.240 e. The third kappa shape index (κ3) is 4.71. The van der Waals surface area contributed by atoms with E-state index in [0.717, 1.165) is 42.5 Å². The van der Waals surface area contributed by atoms with Gasteiger partial charge in [-0.05, 0) is 48.2 Å². The molecule has 2 aromatic carbocycles. The van der Waals surface area contributed by atoms with Crippen molar-refractivity contribution in [3.05, 3.63) is 48.5 Å². The van der Waals surface area contributed by atoms with Gasteiger partial charge in [-0.2, -0.15) is 0 Å². The van der Waals surface area contributed by atoms with Crippen LogP contribution in [0.15, 0.2) is 53.4 Å². The summed E-state index contributed by atoms with van der Waals surface area (Å²) in [6.07, 6.45) is 5.19. The second-order valence-corrected chi connectivity index (χ2v) is 8.45. The Balaban J connectivity index is 1.72. The summed E-state index contributed by atoms with van der Waals surface area (Å²) in [7, 11) is -3.48. The maximum absolute atomic E-state index is 12.5. The van der Waals surface area contributed by atoms with Crippen LogP contribution in [0.1, 0.15) is 39.0 Å². The lowest BCUT2D eigenvalue weighted by atomic mass is 9.96. The van der Waals surface area contributed by atoms with Gasteiger partial charge in [0, 0.05) is 18.7 Å². The lowest BCUT2D eigenvalue weighted by Crippen LogP contribution is -2.36. The number of carbonyl (C=O) groups excluding carboxylic acids is 1. The SMILES string of the molecule is CC(=O)Nc1ccc(-c2ccc(S(=O)(=O)NC3CCCCC3)cc2)cc1. The molecule has 1 aliphatic rings. The molecule has 0 atom stereocenters. The molecule has 3 rings (SSSR count). The number of nitrogens with one attached hydrogen (secondary N) is 2. The van der Waals surface area contributed by atoms with Crippen LogP contribution in [0.4, 0.5) is 5.69 Å². The molecule has 1 amide bonds. The lowest BCUT2D eigenvalue weighted by molar-refractivity contribution is -0.114. The van der Waals surface area contributed by atoms with Crippen LogP contribution in [0.3, 0.4) is 0 Å². The fourth-order valence-corrected chi connectivity index (χ4v) is 4.59. The molecule has 2 N–H and O–H groups in total. The van der Waals surface area contributed by atoms with E-state index in [1.165, 1.54) is 13.3 Å². The van der Waals surface area contributed by atoms with E-state index in [0.29, 0.717) is 4.90 Å². The molecule has 0 unspecified atom stereocenters. The van der Waals surface area contributed by atoms with Crippen molar-refractivity contribution < 1.29 is 13.2 Å². The molecule has 0 aromatic heterocycles. The summed E-state index contributed by atoms with van der Waals surface area (Å²) in [4.78, 5) is 11.4. The number of hydrogen-bond donors (Lipinski definition) is 2. The van der Waals surface area contributed by atoms with Gasteiger partial charge in [0.1, 0.15) is 0 Å². The number of benzene rings is 2. The highest BCUT2D eigenvalue weighted by molar-refractivity contribution is 7.89. The van der Waals surface area contributed by atoms with Crippen LogP contribution in [0.5, 0.6) is 0 Å². The van der Waals surface area contributed by atoms with Crippen LogP contribution in [0, 0.1) is 0 Å². The van der Waals surface area contributed by atoms with E-state index in [1.54, 1.807) is 12.1 Å². The highest BCUT2D eigenvalue weighted by Crippen LogP contribution is 2.24. The summed E-state index contributed by atoms with van der Waals surface area (Å²) in [5.41, 5.74) is 2.62. The van der Waals surface area contributed by atoms with E-state index < -0.39 is 10.0 Å². The van der Waals surface area contributed by atoms with Crippen molar-refractivity contribution in [2.24, 2.45) is 0 Å². The number of anilines is 1. The molecule has 0 radical (unpaired) electrons. The monoisotopic (exact) mass is 372 g/mol. The van der Waals surface area contributed by atoms with Crippen LogP contribution in [-0.4, -0.2) is 20.4 Å². The number of rotatable bonds is 5. The van der Waals surface area contributed by atoms with Crippen LogP contribution in [0.2, 0.25) is 0 Å². The van der Waals surface area contributed by atoms with Gasteiger partial charge in [-0.15, -0.1) is 0 Å². The Bertz CT molecular complexity index is 853. The molecule has 2 aromatic rings. The van der Waals surface area contributed by atoms with Gasteiger partial charge in [-0.25, -0.2) is 13.1 Å². The molecule has 26 heavy (non-hydrogen) atoms. The van der Waals surface area contributed by atoms with Crippen LogP contribution in [-0.2, 0) is 14.8 Å². The van der Waals surface area contributed by atoms with Gasteiger partial charge in [-0.1, -0.05) is 43.5 Å². The molecule has 0 spiro atoms. The first-order chi connectivity index (χ1) is 12.4. The lowest BCUT2D eigenvalue weighted by Gasteiger charge is -2.22. The molecule has 1 fully saturated rings. The van der Waals surface area contributed by atoms with Gasteiger partial charge < -0.3 is 5.32 Å². The van der Waals surface area contributed by atoms with Gasteiger partial charge in [0.05, 0.1) is 4.90 Å². The van der Waals surface area contributed by atoms with E-state index in [2.05, 4.69) is 10.0 Å². The average molecular weight is 372 g/mol. The van der Waals surface area contributed by atoms with E-state index in [1.807, 2.05) is 36.4 Å². The first kappa shape index (κ1) is 18.6. The predicted octanol–water partition coefficient (Wildman–Crippen LogP) is 3.92. The summed E-state index contributed by atoms with van der Waals surface area (Å²) in [5.74, 6) is -0.113. The minimum absolute atomic E-state index is 0.0507. The Labute approximate surface area is 154 Å². The number of amides is 1. The molecule has 6 heteroatoms. The minimum atomic E-state index is -3.48. The summed E-state index contributed by atoms with van der Waals surface area (Å²) < 4.78 is 27.9. The van der Waals surface area contributed by atoms with Gasteiger partial charge in [-0.3, -0.25) is 4.79 Å². The standard InChI is InChI=1S/C20H24N2O3S/c1-15(23)21-18-11-7-16(8-12-18)17-9-13-20(14-10-17)26(24,25)22-19-5-3-2-4-6-19/h7-14,19,22H,2-6H2,1H3,(H,21,23). The third-order valence-corrected chi connectivity index (χ3v) is 6.17. The first-order valence-corrected chi connectivity index (χ1v) is 10.4. The van der Waals surface area contributed by atoms with E-state index >= 15 is 0 Å². The molecule has 1 aliphatic carbocycles. The number of carbonyl (C=O) groups is 1. The first-order valence-electron chi connectivity index (χ1n) is 8.94. The van der Waals surface area contributed by atoms with Crippen molar-refractivity contribution in [3.63, 3.8) is 0 Å². The molecule has 0 heterocycles. The Kier molecular flexibility index (Phi) is 5.74. The van der Waals surface area contributed by atoms with Crippen LogP contribution in [0.25, 0.3) is 11.1 Å². The Morgan fingerprint density at radius 1 is 0.885 bits per heavy atom. The topological polar surface area (TPSA) is 75.3 Å². The van der Waals surface area contributed by atoms with Crippen molar-refractivity contribution >= 4 is 21.6 Å². The zero-order valence-electron chi connectivity index (χ0n) is 14.9. The normalized spacial score (nSPS) is 15.6. The fraction of sp³-hybridized carbons (Fsp3) is 0.350. The molecule has 1 saturated carbocycles. The summed E-state index contributed by atoms with van der Waals surface area (Å²) >= 11 is 0. The molecule has 138 valence electrons. The van der Waals surface area contributed by atoms with Crippen LogP contribution >= 0.6 is 0 Å². The van der Waals surface area contributed by atoms with Crippen molar-refractivity contribution in [2.45, 2.75) is 50.0 Å². The van der Waals surface area contributed by atoms with E-state index in [9.17, 15) is 13.2 Å². The Morgan fingerprint density at radius 2 is 1.42 bits per heavy atom. The summed E-state index contributed by atoms with van der Waals surface area (Å²) in [6, 6.07) is 14.4. The summed E-state index contributed by atoms with van der Waals surface area (Å²) in [6.45, 7) is 1.47. The Hall–Kier alpha value is -2.18. The van der Waals surface area contributed by atoms with Gasteiger partial charge in [0.2, 0.25) is 15.9 Å². The van der Waals surface area contributed by atoms with Crippen LogP contribution < -0.4 is 10.0 Å². The van der Waals surface area contributed by atoms with Gasteiger partial charge in [0.25, 0.3) is 0 Å². The minimum Gasteiger partial charge on any atom is -0.326 e. The van der Waals surface area contributed by atoms with Gasteiger partial charge >= 0.3 is 0 Å². The maximum atomic E-state index is 12.5. The Morgan fingerprint density at radius 3 is 1.96 bits per heavy atom.